The topological polar surface area (TPSA) is 68.2 Å². The Balaban J connectivity index is 1.56. The minimum Gasteiger partial charge on any atom is -0.370 e. The highest BCUT2D eigenvalue weighted by molar-refractivity contribution is 5.77. The molecule has 3 N–H and O–H groups in total. The predicted octanol–water partition coefficient (Wildman–Crippen LogP) is 2.12. The number of hydrogen-bond acceptors (Lipinski definition) is 2. The lowest BCUT2D eigenvalue weighted by Crippen LogP contribution is -2.33. The predicted molar refractivity (Wildman–Crippen MR) is 90.8 cm³/mol. The molecule has 0 fully saturated rings. The third kappa shape index (κ3) is 5.60. The summed E-state index contributed by atoms with van der Waals surface area (Å²) in [5.74, 6) is 1.60. The van der Waals surface area contributed by atoms with E-state index in [1.165, 1.54) is 5.56 Å². The number of nitrogens with one attached hydrogen (secondary N) is 1. The highest BCUT2D eigenvalue weighted by Gasteiger charge is 1.97. The maximum atomic E-state index is 5.86. The van der Waals surface area contributed by atoms with Crippen LogP contribution in [-0.4, -0.2) is 28.6 Å². The summed E-state index contributed by atoms with van der Waals surface area (Å²) in [6.45, 7) is 4.58. The van der Waals surface area contributed by atoms with Crippen LogP contribution < -0.4 is 11.1 Å². The average Bonchev–Trinajstić information content (AvgIpc) is 2.93. The number of rotatable bonds is 8. The molecular formula is C17H25N5. The second-order valence-corrected chi connectivity index (χ2v) is 5.30. The van der Waals surface area contributed by atoms with Crippen LogP contribution in [0, 0.1) is 6.92 Å². The van der Waals surface area contributed by atoms with Crippen molar-refractivity contribution in [2.75, 3.05) is 13.1 Å². The lowest BCUT2D eigenvalue weighted by atomic mass is 10.1. The molecule has 0 saturated carbocycles. The maximum Gasteiger partial charge on any atom is 0.188 e. The molecule has 0 spiro atoms. The van der Waals surface area contributed by atoms with Crippen LogP contribution in [0.1, 0.15) is 24.2 Å². The van der Waals surface area contributed by atoms with Gasteiger partial charge in [0, 0.05) is 32.0 Å². The second-order valence-electron chi connectivity index (χ2n) is 5.30. The first kappa shape index (κ1) is 16.1. The number of nitrogens with two attached hydrogens (primary N) is 1. The molecule has 5 heteroatoms. The van der Waals surface area contributed by atoms with Crippen LogP contribution in [0.4, 0.5) is 0 Å². The molecule has 0 saturated heterocycles. The minimum absolute atomic E-state index is 0.537. The Kier molecular flexibility index (Phi) is 6.48. The molecule has 0 radical (unpaired) electrons. The van der Waals surface area contributed by atoms with Crippen molar-refractivity contribution in [1.29, 1.82) is 0 Å². The molecular weight excluding hydrogens is 274 g/mol. The molecule has 5 nitrogen and oxygen atoms in total. The Morgan fingerprint density at radius 3 is 2.82 bits per heavy atom. The summed E-state index contributed by atoms with van der Waals surface area (Å²) in [5.41, 5.74) is 7.17. The summed E-state index contributed by atoms with van der Waals surface area (Å²) in [5, 5.41) is 3.16. The van der Waals surface area contributed by atoms with Crippen LogP contribution in [0.2, 0.25) is 0 Å². The fourth-order valence-corrected chi connectivity index (χ4v) is 2.27. The van der Waals surface area contributed by atoms with E-state index < -0.39 is 0 Å². The van der Waals surface area contributed by atoms with Gasteiger partial charge in [0.05, 0.1) is 0 Å². The quantitative estimate of drug-likeness (QED) is 0.446. The van der Waals surface area contributed by atoms with Gasteiger partial charge in [-0.3, -0.25) is 4.99 Å². The highest BCUT2D eigenvalue weighted by Crippen LogP contribution is 2.00. The number of unbranched alkanes of at least 4 members (excludes halogenated alkanes) is 1. The summed E-state index contributed by atoms with van der Waals surface area (Å²) in [4.78, 5) is 8.56. The van der Waals surface area contributed by atoms with Gasteiger partial charge < -0.3 is 15.6 Å². The van der Waals surface area contributed by atoms with Crippen molar-refractivity contribution < 1.29 is 0 Å². The summed E-state index contributed by atoms with van der Waals surface area (Å²) in [6, 6.07) is 10.4. The van der Waals surface area contributed by atoms with Crippen molar-refractivity contribution >= 4 is 5.96 Å². The van der Waals surface area contributed by atoms with E-state index in [4.69, 9.17) is 5.73 Å². The first-order valence-corrected chi connectivity index (χ1v) is 7.81. The van der Waals surface area contributed by atoms with Gasteiger partial charge in [-0.1, -0.05) is 30.3 Å². The van der Waals surface area contributed by atoms with Gasteiger partial charge in [0.1, 0.15) is 5.82 Å². The molecule has 0 aliphatic heterocycles. The van der Waals surface area contributed by atoms with Gasteiger partial charge >= 0.3 is 0 Å². The number of nitrogens with zero attached hydrogens (tertiary/aromatic N) is 3. The zero-order valence-electron chi connectivity index (χ0n) is 13.2. The molecule has 1 heterocycles. The third-order valence-electron chi connectivity index (χ3n) is 3.58. The molecule has 0 aliphatic carbocycles. The molecule has 0 bridgehead atoms. The van der Waals surface area contributed by atoms with E-state index in [0.29, 0.717) is 5.96 Å². The number of imidazole rings is 1. The lowest BCUT2D eigenvalue weighted by molar-refractivity contribution is 0.601. The minimum atomic E-state index is 0.537. The molecule has 1 aromatic heterocycles. The maximum absolute atomic E-state index is 5.86. The van der Waals surface area contributed by atoms with Gasteiger partial charge in [0.2, 0.25) is 0 Å². The van der Waals surface area contributed by atoms with E-state index in [1.807, 2.05) is 25.4 Å². The number of aliphatic imine (C=N–C) groups is 1. The van der Waals surface area contributed by atoms with Gasteiger partial charge in [-0.25, -0.2) is 4.98 Å². The van der Waals surface area contributed by atoms with Crippen LogP contribution in [0.5, 0.6) is 0 Å². The van der Waals surface area contributed by atoms with E-state index in [9.17, 15) is 0 Å². The number of hydrogen-bond donors (Lipinski definition) is 2. The Hall–Kier alpha value is -2.30. The number of benzene rings is 1. The highest BCUT2D eigenvalue weighted by atomic mass is 15.1. The van der Waals surface area contributed by atoms with E-state index in [2.05, 4.69) is 44.1 Å². The molecule has 2 rings (SSSR count). The Bertz CT molecular complexity index is 574. The monoisotopic (exact) mass is 299 g/mol. The normalized spacial score (nSPS) is 11.6. The van der Waals surface area contributed by atoms with Crippen molar-refractivity contribution in [3.05, 3.63) is 54.1 Å². The standard InChI is InChI=1S/C17H25N5/c1-15-19-12-14-22(15)13-6-5-10-20-17(18)21-11-9-16-7-3-2-4-8-16/h2-4,7-8,12,14H,5-6,9-11,13H2,1H3,(H3,18,20,21). The smallest absolute Gasteiger partial charge is 0.188 e. The van der Waals surface area contributed by atoms with Crippen molar-refractivity contribution in [3.63, 3.8) is 0 Å². The van der Waals surface area contributed by atoms with Crippen LogP contribution in [0.3, 0.4) is 0 Å². The van der Waals surface area contributed by atoms with E-state index in [-0.39, 0.29) is 0 Å². The fraction of sp³-hybridized carbons (Fsp3) is 0.412. The van der Waals surface area contributed by atoms with Crippen LogP contribution in [-0.2, 0) is 13.0 Å². The summed E-state index contributed by atoms with van der Waals surface area (Å²) in [7, 11) is 0. The number of aryl methyl sites for hydroxylation is 2. The summed E-state index contributed by atoms with van der Waals surface area (Å²) < 4.78 is 2.16. The number of aromatic nitrogens is 2. The summed E-state index contributed by atoms with van der Waals surface area (Å²) in [6.07, 6.45) is 6.91. The van der Waals surface area contributed by atoms with Crippen LogP contribution in [0.25, 0.3) is 0 Å². The zero-order valence-corrected chi connectivity index (χ0v) is 13.2. The van der Waals surface area contributed by atoms with Crippen molar-refractivity contribution in [1.82, 2.24) is 14.9 Å². The SMILES string of the molecule is Cc1nccn1CCCCN=C(N)NCCc1ccccc1. The Morgan fingerprint density at radius 2 is 2.09 bits per heavy atom. The number of guanidine groups is 1. The van der Waals surface area contributed by atoms with Gasteiger partial charge in [0.15, 0.2) is 5.96 Å². The second kappa shape index (κ2) is 8.87. The first-order chi connectivity index (χ1) is 10.8. The molecule has 22 heavy (non-hydrogen) atoms. The molecule has 0 atom stereocenters. The fourth-order valence-electron chi connectivity index (χ4n) is 2.27. The third-order valence-corrected chi connectivity index (χ3v) is 3.58. The van der Waals surface area contributed by atoms with E-state index in [1.54, 1.807) is 0 Å². The van der Waals surface area contributed by atoms with Gasteiger partial charge in [-0.15, -0.1) is 0 Å². The van der Waals surface area contributed by atoms with Gasteiger partial charge in [-0.2, -0.15) is 0 Å². The molecule has 0 aliphatic rings. The van der Waals surface area contributed by atoms with Crippen molar-refractivity contribution in [2.24, 2.45) is 10.7 Å². The van der Waals surface area contributed by atoms with Crippen molar-refractivity contribution in [3.8, 4) is 0 Å². The van der Waals surface area contributed by atoms with Gasteiger partial charge in [-0.05, 0) is 31.7 Å². The first-order valence-electron chi connectivity index (χ1n) is 7.81. The van der Waals surface area contributed by atoms with E-state index in [0.717, 1.165) is 44.7 Å². The molecule has 0 unspecified atom stereocenters. The average molecular weight is 299 g/mol. The van der Waals surface area contributed by atoms with Gasteiger partial charge in [0.25, 0.3) is 0 Å². The molecule has 118 valence electrons. The van der Waals surface area contributed by atoms with Crippen LogP contribution in [0.15, 0.2) is 47.7 Å². The molecule has 1 aromatic carbocycles. The largest absolute Gasteiger partial charge is 0.370 e. The zero-order chi connectivity index (χ0) is 15.6. The Morgan fingerprint density at radius 1 is 1.27 bits per heavy atom. The van der Waals surface area contributed by atoms with Crippen molar-refractivity contribution in [2.45, 2.75) is 32.7 Å². The van der Waals surface area contributed by atoms with Crippen LogP contribution >= 0.6 is 0 Å². The lowest BCUT2D eigenvalue weighted by Gasteiger charge is -2.06. The van der Waals surface area contributed by atoms with E-state index >= 15 is 0 Å². The molecule has 2 aromatic rings. The molecule has 0 amide bonds. The summed E-state index contributed by atoms with van der Waals surface area (Å²) >= 11 is 0. The Labute approximate surface area is 132 Å².